The Morgan fingerprint density at radius 1 is 1.16 bits per heavy atom. The summed E-state index contributed by atoms with van der Waals surface area (Å²) in [7, 11) is 1.51. The molecule has 1 rings (SSSR count). The van der Waals surface area contributed by atoms with Gasteiger partial charge in [0.15, 0.2) is 6.10 Å². The van der Waals surface area contributed by atoms with Gasteiger partial charge in [0.25, 0.3) is 0 Å². The van der Waals surface area contributed by atoms with Crippen LogP contribution in [0.4, 0.5) is 0 Å². The van der Waals surface area contributed by atoms with E-state index in [-0.39, 0.29) is 18.7 Å². The van der Waals surface area contributed by atoms with Crippen LogP contribution >= 0.6 is 0 Å². The molecule has 1 aliphatic rings. The molecule has 31 heavy (non-hydrogen) atoms. The van der Waals surface area contributed by atoms with Gasteiger partial charge in [0.2, 0.25) is 0 Å². The average Bonchev–Trinajstić information content (AvgIpc) is 2.67. The molecule has 0 bridgehead atoms. The first-order chi connectivity index (χ1) is 14.3. The Kier molecular flexibility index (Phi) is 10.4. The van der Waals surface area contributed by atoms with Crippen LogP contribution in [0.25, 0.3) is 0 Å². The third-order valence-electron chi connectivity index (χ3n) is 4.28. The number of carbonyl (C=O) groups excluding carboxylic acids is 2. The molecule has 174 valence electrons. The first kappa shape index (κ1) is 26.9. The molecule has 7 nitrogen and oxygen atoms in total. The number of esters is 2. The summed E-state index contributed by atoms with van der Waals surface area (Å²) in [4.78, 5) is 24.4. The van der Waals surface area contributed by atoms with Crippen molar-refractivity contribution in [1.82, 2.24) is 0 Å². The lowest BCUT2D eigenvalue weighted by atomic mass is 9.97. The maximum atomic E-state index is 12.3. The monoisotopic (exact) mass is 436 g/mol. The zero-order valence-corrected chi connectivity index (χ0v) is 19.6. The Balaban J connectivity index is 2.81. The van der Waals surface area contributed by atoms with Crippen LogP contribution in [0.2, 0.25) is 0 Å². The van der Waals surface area contributed by atoms with E-state index < -0.39 is 35.1 Å². The number of methoxy groups -OCH3 is 1. The average molecular weight is 437 g/mol. The van der Waals surface area contributed by atoms with Crippen molar-refractivity contribution in [2.45, 2.75) is 72.4 Å². The lowest BCUT2D eigenvalue weighted by Crippen LogP contribution is -2.32. The van der Waals surface area contributed by atoms with E-state index in [9.17, 15) is 14.7 Å². The van der Waals surface area contributed by atoms with E-state index in [2.05, 4.69) is 11.8 Å². The summed E-state index contributed by atoms with van der Waals surface area (Å²) < 4.78 is 21.6. The zero-order valence-electron chi connectivity index (χ0n) is 19.6. The summed E-state index contributed by atoms with van der Waals surface area (Å²) in [6.07, 6.45) is 4.67. The van der Waals surface area contributed by atoms with Gasteiger partial charge in [0.1, 0.15) is 12.7 Å². The highest BCUT2D eigenvalue weighted by molar-refractivity contribution is 5.76. The lowest BCUT2D eigenvalue weighted by Gasteiger charge is -2.23. The van der Waals surface area contributed by atoms with E-state index in [4.69, 9.17) is 18.9 Å². The van der Waals surface area contributed by atoms with Gasteiger partial charge in [-0.25, -0.2) is 0 Å². The number of aliphatic hydroxyl groups is 1. The molecular formula is C24H36O7. The molecule has 0 saturated carbocycles. The molecule has 0 aromatic carbocycles. The molecule has 0 saturated heterocycles. The van der Waals surface area contributed by atoms with Crippen molar-refractivity contribution in [2.24, 2.45) is 10.8 Å². The molecule has 1 aliphatic heterocycles. The number of hydrogen-bond donors (Lipinski definition) is 1. The summed E-state index contributed by atoms with van der Waals surface area (Å²) in [5.41, 5.74) is -1.36. The molecule has 0 aromatic rings. The number of carbonyl (C=O) groups is 2. The van der Waals surface area contributed by atoms with E-state index in [1.807, 2.05) is 0 Å². The Bertz CT molecular complexity index is 713. The molecule has 0 aliphatic carbocycles. The maximum Gasteiger partial charge on any atom is 0.311 e. The van der Waals surface area contributed by atoms with Crippen LogP contribution in [0.15, 0.2) is 24.3 Å². The van der Waals surface area contributed by atoms with Gasteiger partial charge in [-0.1, -0.05) is 24.0 Å². The molecule has 0 aromatic heterocycles. The van der Waals surface area contributed by atoms with Gasteiger partial charge in [0.05, 0.1) is 29.6 Å². The molecular weight excluding hydrogens is 400 g/mol. The predicted molar refractivity (Wildman–Crippen MR) is 117 cm³/mol. The Morgan fingerprint density at radius 2 is 1.81 bits per heavy atom. The fraction of sp³-hybridized carbons (Fsp3) is 0.667. The lowest BCUT2D eigenvalue weighted by molar-refractivity contribution is -0.166. The van der Waals surface area contributed by atoms with Crippen molar-refractivity contribution in [3.8, 4) is 11.8 Å². The van der Waals surface area contributed by atoms with Crippen molar-refractivity contribution in [3.63, 3.8) is 0 Å². The standard InChI is InChI=1S/C24H36O7/c1-23(2,3)21(26)30-16-18(31-22(27)24(4,5)6)14-13-17(28-7)10-8-12-20-19(25)11-9-15-29-20/h9,11,13-14,17-20,25H,12,15-16H2,1-7H3/b14-13+/t17?,18-,19+,20-/m1/s1. The highest BCUT2D eigenvalue weighted by atomic mass is 16.6. The molecule has 0 amide bonds. The van der Waals surface area contributed by atoms with Crippen molar-refractivity contribution >= 4 is 11.9 Å². The van der Waals surface area contributed by atoms with Gasteiger partial charge in [0, 0.05) is 13.5 Å². The number of ether oxygens (including phenoxy) is 4. The largest absolute Gasteiger partial charge is 0.461 e. The minimum absolute atomic E-state index is 0.104. The molecule has 0 fully saturated rings. The third-order valence-corrected chi connectivity index (χ3v) is 4.28. The summed E-state index contributed by atoms with van der Waals surface area (Å²) in [5, 5.41) is 9.86. The van der Waals surface area contributed by atoms with Crippen LogP contribution in [0.5, 0.6) is 0 Å². The Labute approximate surface area is 185 Å². The van der Waals surface area contributed by atoms with Crippen molar-refractivity contribution in [3.05, 3.63) is 24.3 Å². The van der Waals surface area contributed by atoms with E-state index in [1.165, 1.54) is 7.11 Å². The number of hydrogen-bond acceptors (Lipinski definition) is 7. The first-order valence-corrected chi connectivity index (χ1v) is 10.4. The Morgan fingerprint density at radius 3 is 2.35 bits per heavy atom. The fourth-order valence-electron chi connectivity index (χ4n) is 2.26. The van der Waals surface area contributed by atoms with E-state index in [1.54, 1.807) is 65.8 Å². The fourth-order valence-corrected chi connectivity index (χ4v) is 2.26. The quantitative estimate of drug-likeness (QED) is 0.373. The van der Waals surface area contributed by atoms with Gasteiger partial charge in [-0.15, -0.1) is 0 Å². The molecule has 0 radical (unpaired) electrons. The van der Waals surface area contributed by atoms with Crippen molar-refractivity contribution < 1.29 is 33.6 Å². The molecule has 1 N–H and O–H groups in total. The highest BCUT2D eigenvalue weighted by Gasteiger charge is 2.28. The molecule has 1 heterocycles. The van der Waals surface area contributed by atoms with Gasteiger partial charge in [-0.2, -0.15) is 0 Å². The first-order valence-electron chi connectivity index (χ1n) is 10.4. The van der Waals surface area contributed by atoms with Crippen LogP contribution in [-0.2, 0) is 28.5 Å². The topological polar surface area (TPSA) is 91.3 Å². The van der Waals surface area contributed by atoms with Gasteiger partial charge in [-0.3, -0.25) is 9.59 Å². The predicted octanol–water partition coefficient (Wildman–Crippen LogP) is 2.81. The number of rotatable bonds is 7. The highest BCUT2D eigenvalue weighted by Crippen LogP contribution is 2.19. The van der Waals surface area contributed by atoms with Crippen LogP contribution in [0, 0.1) is 22.7 Å². The van der Waals surface area contributed by atoms with Crippen LogP contribution in [0.3, 0.4) is 0 Å². The minimum Gasteiger partial charge on any atom is -0.461 e. The third kappa shape index (κ3) is 10.1. The van der Waals surface area contributed by atoms with Crippen molar-refractivity contribution in [2.75, 3.05) is 20.3 Å². The van der Waals surface area contributed by atoms with E-state index in [0.717, 1.165) is 0 Å². The zero-order chi connectivity index (χ0) is 23.7. The van der Waals surface area contributed by atoms with E-state index in [0.29, 0.717) is 13.0 Å². The summed E-state index contributed by atoms with van der Waals surface area (Å²) in [6.45, 7) is 10.8. The number of aliphatic hydroxyl groups excluding tert-OH is 1. The maximum absolute atomic E-state index is 12.3. The Hall–Kier alpha value is -2.14. The minimum atomic E-state index is -0.772. The van der Waals surface area contributed by atoms with Crippen LogP contribution < -0.4 is 0 Å². The van der Waals surface area contributed by atoms with Crippen molar-refractivity contribution in [1.29, 1.82) is 0 Å². The SMILES string of the molecule is COC(C#CC[C@H]1OCC=C[C@@H]1O)/C=C/[C@H](COC(=O)C(C)(C)C)OC(=O)C(C)(C)C. The van der Waals surface area contributed by atoms with Gasteiger partial charge < -0.3 is 24.1 Å². The summed E-state index contributed by atoms with van der Waals surface area (Å²) >= 11 is 0. The summed E-state index contributed by atoms with van der Waals surface area (Å²) in [6, 6.07) is 0. The molecule has 4 atom stereocenters. The second-order valence-electron chi connectivity index (χ2n) is 9.40. The molecule has 0 spiro atoms. The molecule has 1 unspecified atom stereocenters. The van der Waals surface area contributed by atoms with E-state index >= 15 is 0 Å². The van der Waals surface area contributed by atoms with Gasteiger partial charge >= 0.3 is 11.9 Å². The normalized spacial score (nSPS) is 21.2. The van der Waals surface area contributed by atoms with Crippen LogP contribution in [-0.4, -0.2) is 61.8 Å². The molecule has 7 heteroatoms. The summed E-state index contributed by atoms with van der Waals surface area (Å²) in [5.74, 6) is 5.10. The van der Waals surface area contributed by atoms with Gasteiger partial charge in [-0.05, 0) is 53.7 Å². The van der Waals surface area contributed by atoms with Crippen LogP contribution in [0.1, 0.15) is 48.0 Å². The second kappa shape index (κ2) is 12.0. The smallest absolute Gasteiger partial charge is 0.311 e. The second-order valence-corrected chi connectivity index (χ2v) is 9.40.